The van der Waals surface area contributed by atoms with Crippen molar-refractivity contribution in [1.82, 2.24) is 15.0 Å². The number of amides is 1. The van der Waals surface area contributed by atoms with Crippen molar-refractivity contribution in [3.63, 3.8) is 0 Å². The standard InChI is InChI=1S/C16H14N4O4/c21-12-4-3-9(8-10(12)16(23)24)18-14(22)6-5-13-19-11-2-1-7-17-15(11)20-13/h1-4,7-8,21H,5-6H2,(H,18,22)(H,23,24)(H,17,19,20). The average Bonchev–Trinajstić information content (AvgIpc) is 2.97. The Labute approximate surface area is 136 Å². The number of imidazole rings is 1. The summed E-state index contributed by atoms with van der Waals surface area (Å²) in [7, 11) is 0. The number of pyridine rings is 1. The Morgan fingerprint density at radius 2 is 2.08 bits per heavy atom. The Bertz CT molecular complexity index is 886. The van der Waals surface area contributed by atoms with Crippen LogP contribution in [0, 0.1) is 0 Å². The van der Waals surface area contributed by atoms with Gasteiger partial charge in [-0.15, -0.1) is 0 Å². The third-order valence-electron chi connectivity index (χ3n) is 3.41. The molecule has 0 aliphatic rings. The van der Waals surface area contributed by atoms with Gasteiger partial charge in [0.05, 0.1) is 5.52 Å². The van der Waals surface area contributed by atoms with Crippen molar-refractivity contribution in [2.45, 2.75) is 12.8 Å². The predicted octanol–water partition coefficient (Wildman–Crippen LogP) is 1.93. The van der Waals surface area contributed by atoms with Crippen LogP contribution in [0.3, 0.4) is 0 Å². The lowest BCUT2D eigenvalue weighted by atomic mass is 10.1. The lowest BCUT2D eigenvalue weighted by Crippen LogP contribution is -2.13. The number of hydrogen-bond donors (Lipinski definition) is 4. The van der Waals surface area contributed by atoms with Crippen LogP contribution in [-0.4, -0.2) is 37.0 Å². The summed E-state index contributed by atoms with van der Waals surface area (Å²) in [5.41, 5.74) is 1.44. The summed E-state index contributed by atoms with van der Waals surface area (Å²) in [6.07, 6.45) is 2.21. The normalized spacial score (nSPS) is 10.7. The molecule has 0 saturated heterocycles. The molecular weight excluding hydrogens is 312 g/mol. The maximum absolute atomic E-state index is 12.0. The van der Waals surface area contributed by atoms with Crippen molar-refractivity contribution in [3.8, 4) is 5.75 Å². The first-order chi connectivity index (χ1) is 11.5. The summed E-state index contributed by atoms with van der Waals surface area (Å²) >= 11 is 0. The number of benzene rings is 1. The molecule has 0 bridgehead atoms. The fraction of sp³-hybridized carbons (Fsp3) is 0.125. The van der Waals surface area contributed by atoms with E-state index >= 15 is 0 Å². The van der Waals surface area contributed by atoms with E-state index in [4.69, 9.17) is 5.11 Å². The van der Waals surface area contributed by atoms with Crippen molar-refractivity contribution in [2.24, 2.45) is 0 Å². The molecule has 0 aliphatic carbocycles. The van der Waals surface area contributed by atoms with E-state index in [0.29, 0.717) is 23.6 Å². The number of rotatable bonds is 5. The number of carbonyl (C=O) groups is 2. The number of fused-ring (bicyclic) bond motifs is 1. The molecule has 4 N–H and O–H groups in total. The zero-order chi connectivity index (χ0) is 17.1. The Morgan fingerprint density at radius 3 is 2.83 bits per heavy atom. The van der Waals surface area contributed by atoms with Crippen LogP contribution in [0.2, 0.25) is 0 Å². The lowest BCUT2D eigenvalue weighted by molar-refractivity contribution is -0.116. The highest BCUT2D eigenvalue weighted by molar-refractivity contribution is 5.95. The Balaban J connectivity index is 1.63. The molecule has 8 heteroatoms. The van der Waals surface area contributed by atoms with E-state index in [1.165, 1.54) is 18.2 Å². The van der Waals surface area contributed by atoms with Crippen LogP contribution < -0.4 is 5.32 Å². The summed E-state index contributed by atoms with van der Waals surface area (Å²) in [5.74, 6) is -1.25. The number of nitrogens with zero attached hydrogens (tertiary/aromatic N) is 2. The Hall–Kier alpha value is -3.42. The van der Waals surface area contributed by atoms with Gasteiger partial charge >= 0.3 is 5.97 Å². The number of carboxylic acids is 1. The Morgan fingerprint density at radius 1 is 1.25 bits per heavy atom. The molecule has 24 heavy (non-hydrogen) atoms. The van der Waals surface area contributed by atoms with Gasteiger partial charge in [-0.25, -0.2) is 14.8 Å². The topological polar surface area (TPSA) is 128 Å². The third-order valence-corrected chi connectivity index (χ3v) is 3.41. The van der Waals surface area contributed by atoms with E-state index in [9.17, 15) is 14.7 Å². The molecule has 0 unspecified atom stereocenters. The number of hydrogen-bond acceptors (Lipinski definition) is 5. The summed E-state index contributed by atoms with van der Waals surface area (Å²) in [4.78, 5) is 34.4. The monoisotopic (exact) mass is 326 g/mol. The number of nitrogens with one attached hydrogen (secondary N) is 2. The van der Waals surface area contributed by atoms with Crippen LogP contribution in [-0.2, 0) is 11.2 Å². The molecule has 8 nitrogen and oxygen atoms in total. The van der Waals surface area contributed by atoms with Crippen LogP contribution in [0.15, 0.2) is 36.5 Å². The van der Waals surface area contributed by atoms with Crippen molar-refractivity contribution in [2.75, 3.05) is 5.32 Å². The van der Waals surface area contributed by atoms with Gasteiger partial charge in [-0.05, 0) is 30.3 Å². The van der Waals surface area contributed by atoms with Gasteiger partial charge in [-0.3, -0.25) is 4.79 Å². The molecule has 2 aromatic heterocycles. The second-order valence-corrected chi connectivity index (χ2v) is 5.14. The highest BCUT2D eigenvalue weighted by Crippen LogP contribution is 2.21. The van der Waals surface area contributed by atoms with Gasteiger partial charge in [0.2, 0.25) is 5.91 Å². The van der Waals surface area contributed by atoms with Crippen LogP contribution >= 0.6 is 0 Å². The molecule has 0 fully saturated rings. The number of anilines is 1. The Kier molecular flexibility index (Phi) is 4.11. The number of aromatic nitrogens is 3. The molecule has 1 aromatic carbocycles. The van der Waals surface area contributed by atoms with E-state index in [-0.39, 0.29) is 23.6 Å². The van der Waals surface area contributed by atoms with Gasteiger partial charge in [0, 0.05) is 24.7 Å². The summed E-state index contributed by atoms with van der Waals surface area (Å²) in [6, 6.07) is 7.51. The van der Waals surface area contributed by atoms with Crippen molar-refractivity contribution < 1.29 is 19.8 Å². The minimum atomic E-state index is -1.27. The lowest BCUT2D eigenvalue weighted by Gasteiger charge is -2.06. The van der Waals surface area contributed by atoms with Gasteiger partial charge in [0.15, 0.2) is 5.65 Å². The number of aromatic amines is 1. The maximum atomic E-state index is 12.0. The molecule has 0 saturated carbocycles. The molecule has 0 radical (unpaired) electrons. The van der Waals surface area contributed by atoms with Crippen LogP contribution in [0.1, 0.15) is 22.6 Å². The SMILES string of the molecule is O=C(CCc1nc2ncccc2[nH]1)Nc1ccc(O)c(C(=O)O)c1. The minimum absolute atomic E-state index is 0.170. The van der Waals surface area contributed by atoms with Gasteiger partial charge in [0.25, 0.3) is 0 Å². The summed E-state index contributed by atoms with van der Waals surface area (Å²) in [5, 5.41) is 21.0. The first kappa shape index (κ1) is 15.5. The molecule has 122 valence electrons. The number of carbonyl (C=O) groups excluding carboxylic acids is 1. The fourth-order valence-corrected chi connectivity index (χ4v) is 2.25. The molecule has 0 spiro atoms. The maximum Gasteiger partial charge on any atom is 0.339 e. The quantitative estimate of drug-likeness (QED) is 0.530. The number of aryl methyl sites for hydroxylation is 1. The summed E-state index contributed by atoms with van der Waals surface area (Å²) in [6.45, 7) is 0. The molecule has 0 atom stereocenters. The molecule has 3 aromatic rings. The van der Waals surface area contributed by atoms with E-state index in [0.717, 1.165) is 5.52 Å². The number of aromatic carboxylic acids is 1. The predicted molar refractivity (Wildman–Crippen MR) is 85.9 cm³/mol. The van der Waals surface area contributed by atoms with Crippen LogP contribution in [0.25, 0.3) is 11.2 Å². The second-order valence-electron chi connectivity index (χ2n) is 5.14. The van der Waals surface area contributed by atoms with Gasteiger partial charge in [-0.2, -0.15) is 0 Å². The highest BCUT2D eigenvalue weighted by atomic mass is 16.4. The highest BCUT2D eigenvalue weighted by Gasteiger charge is 2.12. The van der Waals surface area contributed by atoms with E-state index in [1.807, 2.05) is 6.07 Å². The zero-order valence-electron chi connectivity index (χ0n) is 12.5. The molecule has 1 amide bonds. The second kappa shape index (κ2) is 6.37. The summed E-state index contributed by atoms with van der Waals surface area (Å²) < 4.78 is 0. The van der Waals surface area contributed by atoms with Gasteiger partial charge in [-0.1, -0.05) is 0 Å². The average molecular weight is 326 g/mol. The molecular formula is C16H14N4O4. The van der Waals surface area contributed by atoms with Crippen LogP contribution in [0.4, 0.5) is 5.69 Å². The van der Waals surface area contributed by atoms with E-state index in [2.05, 4.69) is 20.3 Å². The number of H-pyrrole nitrogens is 1. The fourth-order valence-electron chi connectivity index (χ4n) is 2.25. The van der Waals surface area contributed by atoms with Gasteiger partial charge < -0.3 is 20.5 Å². The first-order valence-electron chi connectivity index (χ1n) is 7.18. The number of carboxylic acid groups (broad SMARTS) is 1. The molecule has 0 aliphatic heterocycles. The smallest absolute Gasteiger partial charge is 0.339 e. The van der Waals surface area contributed by atoms with Crippen molar-refractivity contribution in [3.05, 3.63) is 47.9 Å². The van der Waals surface area contributed by atoms with Crippen LogP contribution in [0.5, 0.6) is 5.75 Å². The minimum Gasteiger partial charge on any atom is -0.507 e. The van der Waals surface area contributed by atoms with Crippen molar-refractivity contribution in [1.29, 1.82) is 0 Å². The number of phenols is 1. The number of aromatic hydroxyl groups is 1. The molecule has 2 heterocycles. The first-order valence-corrected chi connectivity index (χ1v) is 7.18. The molecule has 3 rings (SSSR count). The largest absolute Gasteiger partial charge is 0.507 e. The van der Waals surface area contributed by atoms with E-state index in [1.54, 1.807) is 12.3 Å². The van der Waals surface area contributed by atoms with Gasteiger partial charge in [0.1, 0.15) is 17.1 Å². The zero-order valence-corrected chi connectivity index (χ0v) is 12.5. The third kappa shape index (κ3) is 3.32. The van der Waals surface area contributed by atoms with E-state index < -0.39 is 5.97 Å². The van der Waals surface area contributed by atoms with Crippen molar-refractivity contribution >= 4 is 28.7 Å².